The van der Waals surface area contributed by atoms with E-state index in [1.165, 1.54) is 13.3 Å². The Hall–Kier alpha value is -1.20. The molecule has 1 aromatic heterocycles. The number of hydrogen-bond acceptors (Lipinski definition) is 4. The van der Waals surface area contributed by atoms with Gasteiger partial charge < -0.3 is 0 Å². The summed E-state index contributed by atoms with van der Waals surface area (Å²) >= 11 is 5.79. The second kappa shape index (κ2) is 5.04. The molecule has 0 unspecified atom stereocenters. The quantitative estimate of drug-likeness (QED) is 0.799. The van der Waals surface area contributed by atoms with Crippen LogP contribution in [0.3, 0.4) is 0 Å². The number of nitrogens with one attached hydrogen (secondary N) is 1. The molecule has 1 amide bonds. The van der Waals surface area contributed by atoms with Crippen molar-refractivity contribution in [3.05, 3.63) is 22.7 Å². The Kier molecular flexibility index (Phi) is 3.99. The predicted octanol–water partition coefficient (Wildman–Crippen LogP) is 1.54. The van der Waals surface area contributed by atoms with Gasteiger partial charge in [-0.3, -0.25) is 9.63 Å². The molecule has 1 rings (SSSR count). The summed E-state index contributed by atoms with van der Waals surface area (Å²) in [6.07, 6.45) is 1.41. The first-order valence-electron chi connectivity index (χ1n) is 4.42. The molecule has 1 aromatic rings. The molecule has 0 fully saturated rings. The first-order chi connectivity index (χ1) is 7.06. The van der Waals surface area contributed by atoms with Crippen molar-refractivity contribution >= 4 is 17.5 Å². The van der Waals surface area contributed by atoms with Crippen LogP contribution in [0.15, 0.2) is 6.20 Å². The van der Waals surface area contributed by atoms with E-state index in [1.54, 1.807) is 0 Å². The van der Waals surface area contributed by atoms with Crippen molar-refractivity contribution in [1.29, 1.82) is 0 Å². The van der Waals surface area contributed by atoms with Gasteiger partial charge in [-0.25, -0.2) is 15.4 Å². The molecule has 0 atom stereocenters. The topological polar surface area (TPSA) is 64.1 Å². The highest BCUT2D eigenvalue weighted by Crippen LogP contribution is 2.15. The Morgan fingerprint density at radius 2 is 2.27 bits per heavy atom. The van der Waals surface area contributed by atoms with Crippen LogP contribution in [0, 0.1) is 0 Å². The zero-order valence-corrected chi connectivity index (χ0v) is 9.50. The summed E-state index contributed by atoms with van der Waals surface area (Å²) in [7, 11) is 1.34. The smallest absolute Gasteiger partial charge is 0.277 e. The Bertz CT molecular complexity index is 368. The maximum absolute atomic E-state index is 11.4. The largest absolute Gasteiger partial charge is 0.295 e. The second-order valence-electron chi connectivity index (χ2n) is 3.21. The highest BCUT2D eigenvalue weighted by Gasteiger charge is 2.14. The fourth-order valence-electron chi connectivity index (χ4n) is 0.959. The van der Waals surface area contributed by atoms with Crippen LogP contribution >= 0.6 is 11.6 Å². The number of carbonyl (C=O) groups excluding carboxylic acids is 1. The van der Waals surface area contributed by atoms with Gasteiger partial charge in [0.05, 0.1) is 18.3 Å². The lowest BCUT2D eigenvalue weighted by Crippen LogP contribution is -2.24. The third kappa shape index (κ3) is 2.87. The maximum Gasteiger partial charge on any atom is 0.295 e. The van der Waals surface area contributed by atoms with E-state index < -0.39 is 5.91 Å². The van der Waals surface area contributed by atoms with Gasteiger partial charge in [0.25, 0.3) is 5.91 Å². The fourth-order valence-corrected chi connectivity index (χ4v) is 1.14. The number of halogens is 1. The minimum Gasteiger partial charge on any atom is -0.277 e. The van der Waals surface area contributed by atoms with Gasteiger partial charge in [-0.05, 0) is 0 Å². The third-order valence-corrected chi connectivity index (χ3v) is 1.97. The van der Waals surface area contributed by atoms with Crippen molar-refractivity contribution in [2.45, 2.75) is 19.8 Å². The summed E-state index contributed by atoms with van der Waals surface area (Å²) in [5, 5.41) is 0.203. The normalized spacial score (nSPS) is 10.5. The number of nitrogens with zero attached hydrogens (tertiary/aromatic N) is 2. The molecular formula is C9H12ClN3O2. The lowest BCUT2D eigenvalue weighted by Gasteiger charge is -2.07. The van der Waals surface area contributed by atoms with E-state index in [4.69, 9.17) is 11.6 Å². The van der Waals surface area contributed by atoms with Crippen molar-refractivity contribution in [1.82, 2.24) is 15.4 Å². The first kappa shape index (κ1) is 11.9. The molecule has 0 spiro atoms. The molecule has 5 nitrogen and oxygen atoms in total. The van der Waals surface area contributed by atoms with Gasteiger partial charge in [0.15, 0.2) is 5.69 Å². The number of hydroxylamine groups is 1. The molecule has 1 N–H and O–H groups in total. The highest BCUT2D eigenvalue weighted by atomic mass is 35.5. The number of rotatable bonds is 3. The molecule has 0 aromatic carbocycles. The van der Waals surface area contributed by atoms with Gasteiger partial charge >= 0.3 is 0 Å². The van der Waals surface area contributed by atoms with Crippen LogP contribution in [0.25, 0.3) is 0 Å². The standard InChI is InChI=1S/C9H12ClN3O2/c1-5(2)8-11-4-6(10)7(12-8)9(14)13-15-3/h4-5H,1-3H3,(H,13,14). The molecule has 1 heterocycles. The van der Waals surface area contributed by atoms with E-state index in [9.17, 15) is 4.79 Å². The van der Waals surface area contributed by atoms with Crippen LogP contribution in [0.2, 0.25) is 5.02 Å². The molecule has 0 saturated heterocycles. The van der Waals surface area contributed by atoms with Crippen molar-refractivity contribution in [2.24, 2.45) is 0 Å². The number of aromatic nitrogens is 2. The maximum atomic E-state index is 11.4. The molecule has 0 aliphatic carbocycles. The molecule has 0 bridgehead atoms. The van der Waals surface area contributed by atoms with E-state index in [0.717, 1.165) is 0 Å². The van der Waals surface area contributed by atoms with Gasteiger partial charge in [-0.1, -0.05) is 25.4 Å². The lowest BCUT2D eigenvalue weighted by molar-refractivity contribution is 0.0532. The van der Waals surface area contributed by atoms with Crippen LogP contribution in [-0.2, 0) is 4.84 Å². The SMILES string of the molecule is CONC(=O)c1nc(C(C)C)ncc1Cl. The molecular weight excluding hydrogens is 218 g/mol. The van der Waals surface area contributed by atoms with Gasteiger partial charge in [-0.2, -0.15) is 0 Å². The summed E-state index contributed by atoms with van der Waals surface area (Å²) in [6, 6.07) is 0. The monoisotopic (exact) mass is 229 g/mol. The van der Waals surface area contributed by atoms with E-state index >= 15 is 0 Å². The summed E-state index contributed by atoms with van der Waals surface area (Å²) in [4.78, 5) is 24.0. The van der Waals surface area contributed by atoms with Gasteiger partial charge in [0, 0.05) is 5.92 Å². The molecule has 0 radical (unpaired) electrons. The Morgan fingerprint density at radius 3 is 2.80 bits per heavy atom. The van der Waals surface area contributed by atoms with Gasteiger partial charge in [-0.15, -0.1) is 0 Å². The average molecular weight is 230 g/mol. The predicted molar refractivity (Wildman–Crippen MR) is 55.6 cm³/mol. The zero-order chi connectivity index (χ0) is 11.4. The van der Waals surface area contributed by atoms with Crippen LogP contribution in [0.4, 0.5) is 0 Å². The number of carbonyl (C=O) groups is 1. The van der Waals surface area contributed by atoms with E-state index in [2.05, 4.69) is 20.3 Å². The lowest BCUT2D eigenvalue weighted by atomic mass is 10.2. The van der Waals surface area contributed by atoms with E-state index in [0.29, 0.717) is 5.82 Å². The van der Waals surface area contributed by atoms with Crippen LogP contribution < -0.4 is 5.48 Å². The zero-order valence-electron chi connectivity index (χ0n) is 8.74. The van der Waals surface area contributed by atoms with Gasteiger partial charge in [0.2, 0.25) is 0 Å². The fraction of sp³-hybridized carbons (Fsp3) is 0.444. The van der Waals surface area contributed by atoms with Crippen LogP contribution in [-0.4, -0.2) is 23.0 Å². The van der Waals surface area contributed by atoms with Crippen LogP contribution in [0.5, 0.6) is 0 Å². The van der Waals surface area contributed by atoms with Crippen molar-refractivity contribution in [2.75, 3.05) is 7.11 Å². The molecule has 0 aliphatic rings. The number of hydrogen-bond donors (Lipinski definition) is 1. The highest BCUT2D eigenvalue weighted by molar-refractivity contribution is 6.33. The van der Waals surface area contributed by atoms with Crippen molar-refractivity contribution in [3.8, 4) is 0 Å². The van der Waals surface area contributed by atoms with E-state index in [-0.39, 0.29) is 16.6 Å². The number of amides is 1. The summed E-state index contributed by atoms with van der Waals surface area (Å²) in [5.74, 6) is 0.226. The molecule has 0 aliphatic heterocycles. The Balaban J connectivity index is 3.05. The second-order valence-corrected chi connectivity index (χ2v) is 3.62. The molecule has 0 saturated carbocycles. The first-order valence-corrected chi connectivity index (χ1v) is 4.79. The molecule has 15 heavy (non-hydrogen) atoms. The van der Waals surface area contributed by atoms with E-state index in [1.807, 2.05) is 13.8 Å². The van der Waals surface area contributed by atoms with Crippen molar-refractivity contribution in [3.63, 3.8) is 0 Å². The third-order valence-electron chi connectivity index (χ3n) is 1.69. The van der Waals surface area contributed by atoms with Crippen molar-refractivity contribution < 1.29 is 9.63 Å². The Labute approximate surface area is 92.8 Å². The summed E-state index contributed by atoms with van der Waals surface area (Å²) < 4.78 is 0. The Morgan fingerprint density at radius 1 is 1.60 bits per heavy atom. The molecule has 82 valence electrons. The van der Waals surface area contributed by atoms with Crippen LogP contribution in [0.1, 0.15) is 36.1 Å². The molecule has 6 heteroatoms. The minimum absolute atomic E-state index is 0.122. The average Bonchev–Trinajstić information content (AvgIpc) is 2.18. The summed E-state index contributed by atoms with van der Waals surface area (Å²) in [5.41, 5.74) is 2.28. The van der Waals surface area contributed by atoms with Gasteiger partial charge in [0.1, 0.15) is 5.82 Å². The summed E-state index contributed by atoms with van der Waals surface area (Å²) in [6.45, 7) is 3.86. The minimum atomic E-state index is -0.480.